The number of aromatic nitrogens is 2. The molecule has 0 aromatic carbocycles. The van der Waals surface area contributed by atoms with Crippen LogP contribution in [0.2, 0.25) is 0 Å². The molecule has 2 heterocycles. The first-order chi connectivity index (χ1) is 10.1. The Morgan fingerprint density at radius 3 is 2.67 bits per heavy atom. The predicted molar refractivity (Wildman–Crippen MR) is 83.6 cm³/mol. The van der Waals surface area contributed by atoms with E-state index >= 15 is 0 Å². The highest BCUT2D eigenvalue weighted by molar-refractivity contribution is 5.47. The quantitative estimate of drug-likeness (QED) is 0.804. The minimum atomic E-state index is 0.267. The van der Waals surface area contributed by atoms with Crippen LogP contribution in [0.25, 0.3) is 0 Å². The van der Waals surface area contributed by atoms with Crippen LogP contribution < -0.4 is 10.6 Å². The van der Waals surface area contributed by atoms with Gasteiger partial charge in [-0.05, 0) is 25.2 Å². The van der Waals surface area contributed by atoms with Crippen molar-refractivity contribution in [3.63, 3.8) is 0 Å². The summed E-state index contributed by atoms with van der Waals surface area (Å²) in [5.41, 5.74) is 0.267. The van der Waals surface area contributed by atoms with E-state index in [1.165, 1.54) is 0 Å². The van der Waals surface area contributed by atoms with Gasteiger partial charge in [-0.2, -0.15) is 0 Å². The summed E-state index contributed by atoms with van der Waals surface area (Å²) >= 11 is 0. The highest BCUT2D eigenvalue weighted by Gasteiger charge is 2.27. The van der Waals surface area contributed by atoms with Crippen molar-refractivity contribution in [3.05, 3.63) is 11.9 Å². The van der Waals surface area contributed by atoms with E-state index in [4.69, 9.17) is 9.47 Å². The minimum Gasteiger partial charge on any atom is -0.381 e. The molecular formula is C15H26N4O2. The minimum absolute atomic E-state index is 0.267. The molecule has 1 aliphatic rings. The summed E-state index contributed by atoms with van der Waals surface area (Å²) in [6, 6.07) is 1.93. The third kappa shape index (κ3) is 4.82. The maximum atomic E-state index is 5.44. The van der Waals surface area contributed by atoms with Gasteiger partial charge in [-0.3, -0.25) is 0 Å². The third-order valence-corrected chi connectivity index (χ3v) is 3.86. The third-order valence-electron chi connectivity index (χ3n) is 3.86. The number of ether oxygens (including phenoxy) is 2. The second kappa shape index (κ2) is 7.56. The van der Waals surface area contributed by atoms with Gasteiger partial charge in [0.25, 0.3) is 0 Å². The summed E-state index contributed by atoms with van der Waals surface area (Å²) in [6.07, 6.45) is 2.16. The van der Waals surface area contributed by atoms with Gasteiger partial charge in [0.05, 0.1) is 0 Å². The zero-order valence-electron chi connectivity index (χ0n) is 13.2. The Morgan fingerprint density at radius 1 is 1.29 bits per heavy atom. The molecule has 0 radical (unpaired) electrons. The van der Waals surface area contributed by atoms with E-state index in [2.05, 4.69) is 27.5 Å². The Labute approximate surface area is 126 Å². The summed E-state index contributed by atoms with van der Waals surface area (Å²) in [5, 5.41) is 6.51. The van der Waals surface area contributed by atoms with E-state index in [0.29, 0.717) is 19.0 Å². The molecule has 6 heteroatoms. The molecule has 0 amide bonds. The molecule has 1 aromatic rings. The molecule has 1 aliphatic heterocycles. The first-order valence-electron chi connectivity index (χ1n) is 7.60. The van der Waals surface area contributed by atoms with Crippen molar-refractivity contribution in [2.75, 3.05) is 44.0 Å². The Bertz CT molecular complexity index is 447. The zero-order valence-corrected chi connectivity index (χ0v) is 13.2. The molecule has 0 aliphatic carbocycles. The summed E-state index contributed by atoms with van der Waals surface area (Å²) < 4.78 is 10.8. The van der Waals surface area contributed by atoms with Crippen LogP contribution in [0.5, 0.6) is 0 Å². The fourth-order valence-corrected chi connectivity index (χ4v) is 2.32. The van der Waals surface area contributed by atoms with E-state index in [9.17, 15) is 0 Å². The average Bonchev–Trinajstić information content (AvgIpc) is 2.51. The van der Waals surface area contributed by atoms with Crippen LogP contribution in [-0.2, 0) is 16.1 Å². The smallest absolute Gasteiger partial charge is 0.158 e. The van der Waals surface area contributed by atoms with Crippen LogP contribution in [0.15, 0.2) is 6.07 Å². The molecular weight excluding hydrogens is 268 g/mol. The summed E-state index contributed by atoms with van der Waals surface area (Å²) in [5.74, 6) is 2.35. The zero-order chi connectivity index (χ0) is 15.1. The number of rotatable bonds is 7. The highest BCUT2D eigenvalue weighted by atomic mass is 16.5. The van der Waals surface area contributed by atoms with Crippen molar-refractivity contribution in [2.45, 2.75) is 33.3 Å². The largest absolute Gasteiger partial charge is 0.381 e. The lowest BCUT2D eigenvalue weighted by Crippen LogP contribution is -2.33. The van der Waals surface area contributed by atoms with Crippen molar-refractivity contribution in [3.8, 4) is 0 Å². The van der Waals surface area contributed by atoms with Crippen molar-refractivity contribution in [1.29, 1.82) is 0 Å². The Kier molecular flexibility index (Phi) is 5.76. The molecule has 2 rings (SSSR count). The van der Waals surface area contributed by atoms with Crippen molar-refractivity contribution >= 4 is 11.6 Å². The lowest BCUT2D eigenvalue weighted by atomic mass is 9.82. The van der Waals surface area contributed by atoms with E-state index in [1.807, 2.05) is 20.0 Å². The first kappa shape index (κ1) is 16.0. The molecule has 1 aromatic heterocycles. The van der Waals surface area contributed by atoms with Crippen molar-refractivity contribution in [2.24, 2.45) is 5.41 Å². The van der Waals surface area contributed by atoms with Crippen LogP contribution in [0.1, 0.15) is 32.5 Å². The Morgan fingerprint density at radius 2 is 2.00 bits per heavy atom. The van der Waals surface area contributed by atoms with E-state index < -0.39 is 0 Å². The van der Waals surface area contributed by atoms with Crippen LogP contribution in [-0.4, -0.2) is 43.4 Å². The standard InChI is InChI=1S/C15H26N4O2/c1-4-20-10-14-18-12(16-3)9-13(19-14)17-11-15(2)5-7-21-8-6-15/h9H,4-8,10-11H2,1-3H3,(H2,16,17,18,19). The summed E-state index contributed by atoms with van der Waals surface area (Å²) in [4.78, 5) is 8.91. The van der Waals surface area contributed by atoms with Crippen LogP contribution >= 0.6 is 0 Å². The molecule has 21 heavy (non-hydrogen) atoms. The van der Waals surface area contributed by atoms with E-state index in [0.717, 1.165) is 44.2 Å². The van der Waals surface area contributed by atoms with Gasteiger partial charge in [0.2, 0.25) is 0 Å². The molecule has 2 N–H and O–H groups in total. The lowest BCUT2D eigenvalue weighted by Gasteiger charge is -2.33. The number of hydrogen-bond acceptors (Lipinski definition) is 6. The monoisotopic (exact) mass is 294 g/mol. The van der Waals surface area contributed by atoms with E-state index in [-0.39, 0.29) is 5.41 Å². The lowest BCUT2D eigenvalue weighted by molar-refractivity contribution is 0.0299. The normalized spacial score (nSPS) is 17.5. The van der Waals surface area contributed by atoms with Gasteiger partial charge in [0.15, 0.2) is 5.82 Å². The molecule has 0 atom stereocenters. The van der Waals surface area contributed by atoms with Crippen LogP contribution in [0.4, 0.5) is 11.6 Å². The maximum Gasteiger partial charge on any atom is 0.158 e. The van der Waals surface area contributed by atoms with Gasteiger partial charge in [-0.15, -0.1) is 0 Å². The molecule has 1 saturated heterocycles. The SMILES string of the molecule is CCOCc1nc(NC)cc(NCC2(C)CCOCC2)n1. The van der Waals surface area contributed by atoms with Crippen LogP contribution in [0, 0.1) is 5.41 Å². The Balaban J connectivity index is 2.00. The highest BCUT2D eigenvalue weighted by Crippen LogP contribution is 2.29. The van der Waals surface area contributed by atoms with E-state index in [1.54, 1.807) is 0 Å². The summed E-state index contributed by atoms with van der Waals surface area (Å²) in [7, 11) is 1.86. The molecule has 0 unspecified atom stereocenters. The average molecular weight is 294 g/mol. The molecule has 118 valence electrons. The number of nitrogens with one attached hydrogen (secondary N) is 2. The topological polar surface area (TPSA) is 68.3 Å². The van der Waals surface area contributed by atoms with Gasteiger partial charge in [-0.25, -0.2) is 9.97 Å². The van der Waals surface area contributed by atoms with Gasteiger partial charge in [0.1, 0.15) is 18.2 Å². The van der Waals surface area contributed by atoms with Gasteiger partial charge in [0, 0.05) is 39.5 Å². The predicted octanol–water partition coefficient (Wildman–Crippen LogP) is 2.28. The molecule has 0 spiro atoms. The van der Waals surface area contributed by atoms with Crippen molar-refractivity contribution in [1.82, 2.24) is 9.97 Å². The van der Waals surface area contributed by atoms with Crippen LogP contribution in [0.3, 0.4) is 0 Å². The molecule has 6 nitrogen and oxygen atoms in total. The fourth-order valence-electron chi connectivity index (χ4n) is 2.32. The molecule has 0 saturated carbocycles. The number of nitrogens with zero attached hydrogens (tertiary/aromatic N) is 2. The van der Waals surface area contributed by atoms with Gasteiger partial charge in [-0.1, -0.05) is 6.92 Å². The first-order valence-corrected chi connectivity index (χ1v) is 7.60. The summed E-state index contributed by atoms with van der Waals surface area (Å²) in [6.45, 7) is 7.94. The maximum absolute atomic E-state index is 5.44. The second-order valence-electron chi connectivity index (χ2n) is 5.72. The molecule has 1 fully saturated rings. The molecule has 0 bridgehead atoms. The Hall–Kier alpha value is -1.40. The number of hydrogen-bond donors (Lipinski definition) is 2. The van der Waals surface area contributed by atoms with Crippen molar-refractivity contribution < 1.29 is 9.47 Å². The van der Waals surface area contributed by atoms with Gasteiger partial charge < -0.3 is 20.1 Å². The number of anilines is 2. The van der Waals surface area contributed by atoms with Gasteiger partial charge >= 0.3 is 0 Å². The second-order valence-corrected chi connectivity index (χ2v) is 5.72. The fraction of sp³-hybridized carbons (Fsp3) is 0.733.